The highest BCUT2D eigenvalue weighted by atomic mass is 79.9. The molecule has 6 rings (SSSR count). The van der Waals surface area contributed by atoms with Gasteiger partial charge in [0.05, 0.1) is 41.1 Å². The minimum Gasteiger partial charge on any atom is -0.494 e. The number of anilines is 5. The van der Waals surface area contributed by atoms with Crippen LogP contribution >= 0.6 is 23.9 Å². The molecule has 14 heteroatoms. The molecule has 0 amide bonds. The number of nitrogens with one attached hydrogen (secondary N) is 2. The van der Waals surface area contributed by atoms with Crippen LogP contribution in [0.2, 0.25) is 0 Å². The number of aromatic nitrogens is 6. The van der Waals surface area contributed by atoms with Gasteiger partial charge in [0.25, 0.3) is 0 Å². The molecule has 46 heavy (non-hydrogen) atoms. The van der Waals surface area contributed by atoms with Crippen molar-refractivity contribution in [3.63, 3.8) is 0 Å². The topological polar surface area (TPSA) is 118 Å². The number of piperazine rings is 1. The number of ether oxygens (including phenoxy) is 2. The van der Waals surface area contributed by atoms with Crippen LogP contribution < -0.4 is 25.6 Å². The van der Waals surface area contributed by atoms with Gasteiger partial charge in [-0.05, 0) is 47.5 Å². The maximum absolute atomic E-state index is 5.92. The fourth-order valence-corrected chi connectivity index (χ4v) is 7.16. The molecule has 1 aliphatic heterocycles. The molecule has 240 valence electrons. The average Bonchev–Trinajstić information content (AvgIpc) is 3.51. The standard InChI is InChI=1S/C32H38BrN10O2P/c1-41-20-21(18-37-41)22-16-26(28(45-3)17-27(22)43-12-10-42(11-13-43)14-15-44-2)39-32-36-19-23(33)31(40-32)38-25-7-6-24-29(30(25)46(4)5)35-9-8-34-24/h6-9,16-20H,10-15H2,1-5H3,(H2,36,38,39,40). The summed E-state index contributed by atoms with van der Waals surface area (Å²) in [7, 11) is 4.87. The molecule has 0 spiro atoms. The molecular weight excluding hydrogens is 667 g/mol. The van der Waals surface area contributed by atoms with Gasteiger partial charge in [0.2, 0.25) is 5.95 Å². The second-order valence-electron chi connectivity index (χ2n) is 11.2. The molecule has 5 aromatic rings. The molecule has 2 aromatic carbocycles. The van der Waals surface area contributed by atoms with E-state index in [2.05, 4.69) is 81.9 Å². The van der Waals surface area contributed by atoms with Crippen molar-refractivity contribution in [1.29, 1.82) is 0 Å². The molecule has 0 atom stereocenters. The monoisotopic (exact) mass is 704 g/mol. The second-order valence-corrected chi connectivity index (χ2v) is 14.3. The van der Waals surface area contributed by atoms with Crippen LogP contribution in [0.5, 0.6) is 5.75 Å². The van der Waals surface area contributed by atoms with Crippen LogP contribution in [0.1, 0.15) is 0 Å². The molecule has 4 heterocycles. The fraction of sp³-hybridized carbons (Fsp3) is 0.344. The number of hydrogen-bond acceptors (Lipinski definition) is 11. The summed E-state index contributed by atoms with van der Waals surface area (Å²) in [6.45, 7) is 9.82. The first-order chi connectivity index (χ1) is 22.3. The summed E-state index contributed by atoms with van der Waals surface area (Å²) in [4.78, 5) is 23.4. The van der Waals surface area contributed by atoms with Crippen molar-refractivity contribution in [2.75, 3.05) is 82.4 Å². The van der Waals surface area contributed by atoms with Crippen LogP contribution in [-0.2, 0) is 11.8 Å². The van der Waals surface area contributed by atoms with E-state index in [-0.39, 0.29) is 0 Å². The third-order valence-corrected chi connectivity index (χ3v) is 9.89. The van der Waals surface area contributed by atoms with E-state index in [4.69, 9.17) is 14.5 Å². The van der Waals surface area contributed by atoms with Gasteiger partial charge in [0.15, 0.2) is 0 Å². The van der Waals surface area contributed by atoms with Crippen molar-refractivity contribution in [2.45, 2.75) is 0 Å². The average molecular weight is 706 g/mol. The van der Waals surface area contributed by atoms with Crippen molar-refractivity contribution >= 4 is 69.0 Å². The largest absolute Gasteiger partial charge is 0.494 e. The molecule has 0 aliphatic carbocycles. The van der Waals surface area contributed by atoms with Gasteiger partial charge in [-0.15, -0.1) is 0 Å². The molecule has 1 saturated heterocycles. The van der Waals surface area contributed by atoms with Gasteiger partial charge in [0, 0.05) is 106 Å². The van der Waals surface area contributed by atoms with E-state index in [1.165, 1.54) is 0 Å². The van der Waals surface area contributed by atoms with Crippen molar-refractivity contribution in [3.8, 4) is 16.9 Å². The van der Waals surface area contributed by atoms with Crippen molar-refractivity contribution in [2.24, 2.45) is 7.05 Å². The van der Waals surface area contributed by atoms with Gasteiger partial charge < -0.3 is 25.0 Å². The van der Waals surface area contributed by atoms with E-state index >= 15 is 0 Å². The molecule has 12 nitrogen and oxygen atoms in total. The molecule has 0 saturated carbocycles. The van der Waals surface area contributed by atoms with Gasteiger partial charge >= 0.3 is 0 Å². The van der Waals surface area contributed by atoms with Gasteiger partial charge in [0.1, 0.15) is 11.6 Å². The number of rotatable bonds is 11. The first-order valence-electron chi connectivity index (χ1n) is 15.0. The summed E-state index contributed by atoms with van der Waals surface area (Å²) in [5.74, 6) is 1.76. The Kier molecular flexibility index (Phi) is 9.93. The Bertz CT molecular complexity index is 1830. The highest BCUT2D eigenvalue weighted by Crippen LogP contribution is 2.41. The first kappa shape index (κ1) is 32.1. The highest BCUT2D eigenvalue weighted by Gasteiger charge is 2.23. The SMILES string of the molecule is COCCN1CCN(c2cc(OC)c(Nc3ncc(Br)c(Nc4ccc5nccnc5c4P(C)C)n3)cc2-c2cnn(C)c2)CC1. The van der Waals surface area contributed by atoms with E-state index in [1.807, 2.05) is 36.3 Å². The molecule has 3 aromatic heterocycles. The van der Waals surface area contributed by atoms with Crippen molar-refractivity contribution in [3.05, 3.63) is 59.7 Å². The highest BCUT2D eigenvalue weighted by molar-refractivity contribution is 9.10. The summed E-state index contributed by atoms with van der Waals surface area (Å²) < 4.78 is 13.8. The summed E-state index contributed by atoms with van der Waals surface area (Å²) in [6, 6.07) is 8.21. The van der Waals surface area contributed by atoms with E-state index in [9.17, 15) is 0 Å². The fourth-order valence-electron chi connectivity index (χ4n) is 5.66. The lowest BCUT2D eigenvalue weighted by atomic mass is 10.0. The van der Waals surface area contributed by atoms with Crippen LogP contribution in [0, 0.1) is 0 Å². The molecule has 0 bridgehead atoms. The maximum atomic E-state index is 5.92. The Morgan fingerprint density at radius 3 is 2.48 bits per heavy atom. The summed E-state index contributed by atoms with van der Waals surface area (Å²) in [5, 5.41) is 12.6. The molecule has 0 radical (unpaired) electrons. The predicted molar refractivity (Wildman–Crippen MR) is 190 cm³/mol. The predicted octanol–water partition coefficient (Wildman–Crippen LogP) is 5.21. The van der Waals surface area contributed by atoms with Crippen LogP contribution in [0.3, 0.4) is 0 Å². The third-order valence-electron chi connectivity index (χ3n) is 7.96. The van der Waals surface area contributed by atoms with E-state index in [0.717, 1.165) is 88.3 Å². The minimum absolute atomic E-state index is 0.429. The summed E-state index contributed by atoms with van der Waals surface area (Å²) in [6.07, 6.45) is 9.12. The van der Waals surface area contributed by atoms with E-state index in [0.29, 0.717) is 17.5 Å². The van der Waals surface area contributed by atoms with Crippen LogP contribution in [-0.4, -0.2) is 101 Å². The van der Waals surface area contributed by atoms with Gasteiger partial charge in [-0.2, -0.15) is 10.1 Å². The Labute approximate surface area is 278 Å². The smallest absolute Gasteiger partial charge is 0.229 e. The number of halogens is 1. The van der Waals surface area contributed by atoms with E-state index < -0.39 is 7.92 Å². The zero-order valence-corrected chi connectivity index (χ0v) is 29.1. The molecular formula is C32H38BrN10O2P. The molecule has 1 aliphatic rings. The Balaban J connectivity index is 1.32. The lowest BCUT2D eigenvalue weighted by Gasteiger charge is -2.37. The molecule has 1 fully saturated rings. The number of methoxy groups -OCH3 is 2. The Morgan fingerprint density at radius 2 is 1.76 bits per heavy atom. The lowest BCUT2D eigenvalue weighted by Crippen LogP contribution is -2.47. The van der Waals surface area contributed by atoms with Crippen molar-refractivity contribution in [1.82, 2.24) is 34.6 Å². The number of nitrogens with zero attached hydrogens (tertiary/aromatic N) is 8. The minimum atomic E-state index is -0.490. The second kappa shape index (κ2) is 14.3. The first-order valence-corrected chi connectivity index (χ1v) is 18.0. The number of hydrogen-bond donors (Lipinski definition) is 2. The number of fused-ring (bicyclic) bond motifs is 1. The van der Waals surface area contributed by atoms with Crippen LogP contribution in [0.25, 0.3) is 22.2 Å². The zero-order valence-electron chi connectivity index (χ0n) is 26.7. The normalized spacial score (nSPS) is 13.8. The van der Waals surface area contributed by atoms with Gasteiger partial charge in [-0.1, -0.05) is 7.92 Å². The van der Waals surface area contributed by atoms with Gasteiger partial charge in [-0.25, -0.2) is 4.98 Å². The lowest BCUT2D eigenvalue weighted by molar-refractivity contribution is 0.144. The van der Waals surface area contributed by atoms with Crippen molar-refractivity contribution < 1.29 is 9.47 Å². The maximum Gasteiger partial charge on any atom is 0.229 e. The zero-order chi connectivity index (χ0) is 32.2. The quantitative estimate of drug-likeness (QED) is 0.176. The molecule has 0 unspecified atom stereocenters. The summed E-state index contributed by atoms with van der Waals surface area (Å²) in [5.41, 5.74) is 6.64. The molecule has 2 N–H and O–H groups in total. The third kappa shape index (κ3) is 6.92. The van der Waals surface area contributed by atoms with E-state index in [1.54, 1.807) is 32.8 Å². The Hall–Kier alpha value is -3.90. The van der Waals surface area contributed by atoms with Gasteiger partial charge in [-0.3, -0.25) is 19.5 Å². The van der Waals surface area contributed by atoms with Crippen LogP contribution in [0.15, 0.2) is 59.7 Å². The van der Waals surface area contributed by atoms with Crippen LogP contribution in [0.4, 0.5) is 28.8 Å². The summed E-state index contributed by atoms with van der Waals surface area (Å²) >= 11 is 3.64. The number of aryl methyl sites for hydroxylation is 1. The number of benzene rings is 2. The Morgan fingerprint density at radius 1 is 0.957 bits per heavy atom.